The molecular formula is C16H14BrFO2. The summed E-state index contributed by atoms with van der Waals surface area (Å²) in [5.74, 6) is 0.458. The predicted molar refractivity (Wildman–Crippen MR) is 78.2 cm³/mol. The first-order valence-corrected chi connectivity index (χ1v) is 7.31. The molecule has 2 aromatic carbocycles. The summed E-state index contributed by atoms with van der Waals surface area (Å²) in [7, 11) is 0. The molecule has 2 aromatic rings. The number of fused-ring (bicyclic) bond motifs is 1. The van der Waals surface area contributed by atoms with Gasteiger partial charge in [0.15, 0.2) is 0 Å². The summed E-state index contributed by atoms with van der Waals surface area (Å²) in [4.78, 5) is 0. The molecule has 1 aliphatic rings. The van der Waals surface area contributed by atoms with Gasteiger partial charge in [-0.25, -0.2) is 4.39 Å². The third-order valence-corrected chi connectivity index (χ3v) is 4.08. The van der Waals surface area contributed by atoms with E-state index in [1.807, 2.05) is 18.2 Å². The van der Waals surface area contributed by atoms with Gasteiger partial charge in [-0.3, -0.25) is 0 Å². The number of ether oxygens (including phenoxy) is 1. The third-order valence-electron chi connectivity index (χ3n) is 3.59. The molecule has 1 atom stereocenters. The van der Waals surface area contributed by atoms with Crippen molar-refractivity contribution in [3.63, 3.8) is 0 Å². The fourth-order valence-electron chi connectivity index (χ4n) is 2.54. The van der Waals surface area contributed by atoms with Crippen molar-refractivity contribution >= 4 is 15.9 Å². The molecule has 20 heavy (non-hydrogen) atoms. The van der Waals surface area contributed by atoms with Crippen LogP contribution in [-0.2, 0) is 13.0 Å². The molecule has 0 heterocycles. The minimum atomic E-state index is -0.406. The monoisotopic (exact) mass is 336 g/mol. The first-order chi connectivity index (χ1) is 9.65. The fourth-order valence-corrected chi connectivity index (χ4v) is 2.95. The molecule has 4 heteroatoms. The highest BCUT2D eigenvalue weighted by Gasteiger charge is 2.23. The van der Waals surface area contributed by atoms with Gasteiger partial charge in [0.05, 0.1) is 6.10 Å². The lowest BCUT2D eigenvalue weighted by Crippen LogP contribution is -2.01. The fraction of sp³-hybridized carbons (Fsp3) is 0.250. The van der Waals surface area contributed by atoms with Crippen LogP contribution in [0, 0.1) is 5.82 Å². The van der Waals surface area contributed by atoms with Crippen LogP contribution in [0.3, 0.4) is 0 Å². The number of halogens is 2. The summed E-state index contributed by atoms with van der Waals surface area (Å²) in [6, 6.07) is 10.4. The van der Waals surface area contributed by atoms with Crippen LogP contribution >= 0.6 is 15.9 Å². The van der Waals surface area contributed by atoms with E-state index >= 15 is 0 Å². The summed E-state index contributed by atoms with van der Waals surface area (Å²) >= 11 is 3.32. The van der Waals surface area contributed by atoms with Gasteiger partial charge in [0, 0.05) is 15.6 Å². The topological polar surface area (TPSA) is 29.5 Å². The van der Waals surface area contributed by atoms with Gasteiger partial charge in [-0.15, -0.1) is 0 Å². The standard InChI is InChI=1S/C16H14BrFO2/c17-11-4-6-14(18)10(8-11)9-20-16-3-1-2-12-13(16)5-7-15(12)19/h1-4,6,8,15,19H,5,7,9H2. The molecule has 3 rings (SSSR count). The average Bonchev–Trinajstić information content (AvgIpc) is 2.82. The van der Waals surface area contributed by atoms with Crippen LogP contribution < -0.4 is 4.74 Å². The average molecular weight is 337 g/mol. The van der Waals surface area contributed by atoms with E-state index in [-0.39, 0.29) is 12.4 Å². The molecule has 1 N–H and O–H groups in total. The molecule has 1 aliphatic carbocycles. The Morgan fingerprint density at radius 2 is 2.15 bits per heavy atom. The zero-order valence-corrected chi connectivity index (χ0v) is 12.4. The van der Waals surface area contributed by atoms with Gasteiger partial charge in [-0.05, 0) is 42.7 Å². The number of rotatable bonds is 3. The van der Waals surface area contributed by atoms with Crippen LogP contribution in [0.4, 0.5) is 4.39 Å². The van der Waals surface area contributed by atoms with Crippen LogP contribution in [-0.4, -0.2) is 5.11 Å². The van der Waals surface area contributed by atoms with Gasteiger partial charge in [-0.2, -0.15) is 0 Å². The summed E-state index contributed by atoms with van der Waals surface area (Å²) < 4.78 is 20.2. The Balaban J connectivity index is 1.81. The van der Waals surface area contributed by atoms with E-state index in [2.05, 4.69) is 15.9 Å². The van der Waals surface area contributed by atoms with E-state index in [1.54, 1.807) is 12.1 Å². The number of hydrogen-bond acceptors (Lipinski definition) is 2. The largest absolute Gasteiger partial charge is 0.489 e. The SMILES string of the molecule is OC1CCc2c(OCc3cc(Br)ccc3F)cccc21. The Hall–Kier alpha value is -1.39. The molecule has 0 aromatic heterocycles. The van der Waals surface area contributed by atoms with Gasteiger partial charge >= 0.3 is 0 Å². The molecule has 0 bridgehead atoms. The van der Waals surface area contributed by atoms with Crippen molar-refractivity contribution in [1.82, 2.24) is 0 Å². The lowest BCUT2D eigenvalue weighted by molar-refractivity contribution is 0.180. The lowest BCUT2D eigenvalue weighted by Gasteiger charge is -2.12. The lowest BCUT2D eigenvalue weighted by atomic mass is 10.1. The second kappa shape index (κ2) is 5.54. The summed E-state index contributed by atoms with van der Waals surface area (Å²) in [5, 5.41) is 9.85. The Kier molecular flexibility index (Phi) is 3.76. The van der Waals surface area contributed by atoms with Crippen LogP contribution in [0.5, 0.6) is 5.75 Å². The maximum Gasteiger partial charge on any atom is 0.129 e. The molecule has 0 aliphatic heterocycles. The van der Waals surface area contributed by atoms with E-state index in [0.717, 1.165) is 34.2 Å². The molecule has 0 radical (unpaired) electrons. The normalized spacial score (nSPS) is 17.1. The summed E-state index contributed by atoms with van der Waals surface area (Å²) in [5.41, 5.74) is 2.48. The molecule has 104 valence electrons. The van der Waals surface area contributed by atoms with Crippen molar-refractivity contribution in [2.75, 3.05) is 0 Å². The van der Waals surface area contributed by atoms with Crippen molar-refractivity contribution in [2.24, 2.45) is 0 Å². The van der Waals surface area contributed by atoms with Crippen LogP contribution in [0.25, 0.3) is 0 Å². The molecule has 2 nitrogen and oxygen atoms in total. The molecule has 0 saturated heterocycles. The van der Waals surface area contributed by atoms with E-state index in [9.17, 15) is 9.50 Å². The van der Waals surface area contributed by atoms with Crippen LogP contribution in [0.1, 0.15) is 29.2 Å². The number of aliphatic hydroxyl groups excluding tert-OH is 1. The highest BCUT2D eigenvalue weighted by Crippen LogP contribution is 2.37. The summed E-state index contributed by atoms with van der Waals surface area (Å²) in [6.45, 7) is 0.178. The van der Waals surface area contributed by atoms with E-state index in [0.29, 0.717) is 5.56 Å². The van der Waals surface area contributed by atoms with Crippen molar-refractivity contribution < 1.29 is 14.2 Å². The van der Waals surface area contributed by atoms with Gasteiger partial charge in [0.1, 0.15) is 18.2 Å². The van der Waals surface area contributed by atoms with Gasteiger partial charge in [0.25, 0.3) is 0 Å². The van der Waals surface area contributed by atoms with E-state index in [4.69, 9.17) is 4.74 Å². The Morgan fingerprint density at radius 3 is 3.00 bits per heavy atom. The maximum absolute atomic E-state index is 13.7. The van der Waals surface area contributed by atoms with Gasteiger partial charge in [0.2, 0.25) is 0 Å². The predicted octanol–water partition coefficient (Wildman–Crippen LogP) is 4.15. The third kappa shape index (κ3) is 2.58. The molecular weight excluding hydrogens is 323 g/mol. The first kappa shape index (κ1) is 13.6. The minimum Gasteiger partial charge on any atom is -0.489 e. The molecule has 0 spiro atoms. The molecule has 0 saturated carbocycles. The van der Waals surface area contributed by atoms with Gasteiger partial charge in [-0.1, -0.05) is 28.1 Å². The zero-order chi connectivity index (χ0) is 14.1. The maximum atomic E-state index is 13.7. The van der Waals surface area contributed by atoms with Crippen LogP contribution in [0.15, 0.2) is 40.9 Å². The highest BCUT2D eigenvalue weighted by molar-refractivity contribution is 9.10. The smallest absolute Gasteiger partial charge is 0.129 e. The zero-order valence-electron chi connectivity index (χ0n) is 10.8. The van der Waals surface area contributed by atoms with Crippen LogP contribution in [0.2, 0.25) is 0 Å². The second-order valence-corrected chi connectivity index (χ2v) is 5.82. The van der Waals surface area contributed by atoms with E-state index in [1.165, 1.54) is 6.07 Å². The number of benzene rings is 2. The van der Waals surface area contributed by atoms with E-state index < -0.39 is 6.10 Å². The van der Waals surface area contributed by atoms with Crippen molar-refractivity contribution in [3.8, 4) is 5.75 Å². The molecule has 0 fully saturated rings. The van der Waals surface area contributed by atoms with Crippen molar-refractivity contribution in [1.29, 1.82) is 0 Å². The van der Waals surface area contributed by atoms with Gasteiger partial charge < -0.3 is 9.84 Å². The summed E-state index contributed by atoms with van der Waals surface area (Å²) in [6.07, 6.45) is 1.12. The second-order valence-electron chi connectivity index (χ2n) is 4.90. The quantitative estimate of drug-likeness (QED) is 0.912. The molecule has 0 amide bonds. The van der Waals surface area contributed by atoms with Crippen molar-refractivity contribution in [2.45, 2.75) is 25.6 Å². The first-order valence-electron chi connectivity index (χ1n) is 6.52. The minimum absolute atomic E-state index is 0.178. The molecule has 1 unspecified atom stereocenters. The number of hydrogen-bond donors (Lipinski definition) is 1. The Labute approximate surface area is 125 Å². The Bertz CT molecular complexity index is 642. The highest BCUT2D eigenvalue weighted by atomic mass is 79.9. The number of aliphatic hydroxyl groups is 1. The van der Waals surface area contributed by atoms with Crippen molar-refractivity contribution in [3.05, 3.63) is 63.4 Å². The Morgan fingerprint density at radius 1 is 1.30 bits per heavy atom.